The number of aromatic carboxylic acids is 2. The van der Waals surface area contributed by atoms with Gasteiger partial charge in [0.25, 0.3) is 0 Å². The van der Waals surface area contributed by atoms with Crippen molar-refractivity contribution in [3.8, 4) is 0 Å². The Balaban J connectivity index is 0.00000144. The first-order valence-electron chi connectivity index (χ1n) is 4.54. The van der Waals surface area contributed by atoms with Crippen molar-refractivity contribution in [3.63, 3.8) is 0 Å². The van der Waals surface area contributed by atoms with E-state index in [4.69, 9.17) is 0 Å². The minimum atomic E-state index is -1.26. The number of rotatable bonds is 2. The number of hydrogen-bond donors (Lipinski definition) is 0. The standard InChI is InChI=1S/C12H8O4.Mg/c13-11(14)9-3-1-7-5-10(12(15)16)4-2-8(7)6-9;/h1-6H,(H,13,14)(H,15,16);/q;+2/p-2. The molecule has 0 saturated heterocycles. The second-order valence-electron chi connectivity index (χ2n) is 3.35. The van der Waals surface area contributed by atoms with Crippen molar-refractivity contribution in [2.24, 2.45) is 0 Å². The van der Waals surface area contributed by atoms with Gasteiger partial charge in [-0.3, -0.25) is 0 Å². The van der Waals surface area contributed by atoms with Gasteiger partial charge in [0, 0.05) is 0 Å². The van der Waals surface area contributed by atoms with Crippen LogP contribution in [-0.2, 0) is 0 Å². The normalized spacial score (nSPS) is 9.65. The van der Waals surface area contributed by atoms with Crippen LogP contribution in [0.1, 0.15) is 20.7 Å². The minimum absolute atomic E-state index is 0. The molecule has 0 heterocycles. The first-order chi connectivity index (χ1) is 7.58. The van der Waals surface area contributed by atoms with E-state index in [-0.39, 0.29) is 34.2 Å². The van der Waals surface area contributed by atoms with Gasteiger partial charge in [0.05, 0.1) is 11.9 Å². The number of carbonyl (C=O) groups is 2. The molecule has 0 unspecified atom stereocenters. The van der Waals surface area contributed by atoms with Crippen LogP contribution in [-0.4, -0.2) is 35.0 Å². The van der Waals surface area contributed by atoms with Crippen LogP contribution in [0.25, 0.3) is 10.8 Å². The van der Waals surface area contributed by atoms with Crippen LogP contribution in [0.3, 0.4) is 0 Å². The molecule has 17 heavy (non-hydrogen) atoms. The Labute approximate surface area is 113 Å². The van der Waals surface area contributed by atoms with Gasteiger partial charge in [0.15, 0.2) is 0 Å². The van der Waals surface area contributed by atoms with Gasteiger partial charge in [-0.2, -0.15) is 0 Å². The average Bonchev–Trinajstić information content (AvgIpc) is 2.27. The summed E-state index contributed by atoms with van der Waals surface area (Å²) in [5.41, 5.74) is 0.127. The Hall–Kier alpha value is -1.59. The molecule has 2 aromatic carbocycles. The molecular weight excluding hydrogens is 232 g/mol. The Bertz CT molecular complexity index is 539. The van der Waals surface area contributed by atoms with Gasteiger partial charge in [0.2, 0.25) is 0 Å². The molecule has 0 aliphatic carbocycles. The number of carbonyl (C=O) groups excluding carboxylic acids is 2. The fourth-order valence-electron chi connectivity index (χ4n) is 1.50. The minimum Gasteiger partial charge on any atom is -0.545 e. The second-order valence-corrected chi connectivity index (χ2v) is 3.35. The topological polar surface area (TPSA) is 80.3 Å². The molecule has 2 rings (SSSR count). The molecule has 0 bridgehead atoms. The van der Waals surface area contributed by atoms with Crippen LogP contribution in [0.5, 0.6) is 0 Å². The van der Waals surface area contributed by atoms with E-state index in [2.05, 4.69) is 0 Å². The van der Waals surface area contributed by atoms with Crippen molar-refractivity contribution in [1.82, 2.24) is 0 Å². The quantitative estimate of drug-likeness (QED) is 0.641. The first-order valence-corrected chi connectivity index (χ1v) is 4.54. The number of carboxylic acid groups (broad SMARTS) is 2. The molecule has 0 radical (unpaired) electrons. The van der Waals surface area contributed by atoms with Crippen LogP contribution in [0.4, 0.5) is 0 Å². The molecule has 0 amide bonds. The molecule has 0 aromatic heterocycles. The van der Waals surface area contributed by atoms with E-state index in [1.165, 1.54) is 36.4 Å². The first kappa shape index (κ1) is 13.5. The summed E-state index contributed by atoms with van der Waals surface area (Å²) in [4.78, 5) is 21.2. The molecule has 4 nitrogen and oxygen atoms in total. The Morgan fingerprint density at radius 3 is 1.41 bits per heavy atom. The van der Waals surface area contributed by atoms with Crippen LogP contribution < -0.4 is 10.2 Å². The van der Waals surface area contributed by atoms with E-state index >= 15 is 0 Å². The molecule has 80 valence electrons. The van der Waals surface area contributed by atoms with Gasteiger partial charge in [-0.1, -0.05) is 24.3 Å². The zero-order valence-corrected chi connectivity index (χ0v) is 10.2. The Morgan fingerprint density at radius 1 is 0.765 bits per heavy atom. The van der Waals surface area contributed by atoms with Crippen molar-refractivity contribution >= 4 is 45.8 Å². The van der Waals surface area contributed by atoms with Crippen molar-refractivity contribution in [1.29, 1.82) is 0 Å². The van der Waals surface area contributed by atoms with Gasteiger partial charge in [-0.05, 0) is 34.0 Å². The fraction of sp³-hybridized carbons (Fsp3) is 0. The van der Waals surface area contributed by atoms with E-state index in [1.807, 2.05) is 0 Å². The maximum absolute atomic E-state index is 10.6. The van der Waals surface area contributed by atoms with E-state index in [1.54, 1.807) is 0 Å². The molecule has 5 heteroatoms. The molecule has 0 N–H and O–H groups in total. The molecular formula is C12H6MgO4. The maximum atomic E-state index is 10.6. The van der Waals surface area contributed by atoms with Crippen molar-refractivity contribution in [2.45, 2.75) is 0 Å². The number of carboxylic acids is 2. The summed E-state index contributed by atoms with van der Waals surface area (Å²) >= 11 is 0. The SMILES string of the molecule is O=C([O-])c1ccc2cc(C(=O)[O-])ccc2c1.[Mg+2]. The van der Waals surface area contributed by atoms with Crippen molar-refractivity contribution in [3.05, 3.63) is 47.5 Å². The molecule has 0 fully saturated rings. The van der Waals surface area contributed by atoms with Crippen molar-refractivity contribution < 1.29 is 19.8 Å². The third-order valence-electron chi connectivity index (χ3n) is 2.31. The van der Waals surface area contributed by atoms with Gasteiger partial charge < -0.3 is 19.8 Å². The average molecular weight is 238 g/mol. The summed E-state index contributed by atoms with van der Waals surface area (Å²) in [6.07, 6.45) is 0. The predicted octanol–water partition coefficient (Wildman–Crippen LogP) is -0.814. The zero-order chi connectivity index (χ0) is 11.7. The summed E-state index contributed by atoms with van der Waals surface area (Å²) in [6, 6.07) is 8.68. The molecule has 2 aromatic rings. The van der Waals surface area contributed by atoms with Gasteiger partial charge in [-0.25, -0.2) is 0 Å². The second kappa shape index (κ2) is 5.16. The Kier molecular flexibility index (Phi) is 4.09. The maximum Gasteiger partial charge on any atom is 2.00 e. The largest absolute Gasteiger partial charge is 2.00 e. The van der Waals surface area contributed by atoms with E-state index in [0.29, 0.717) is 10.8 Å². The smallest absolute Gasteiger partial charge is 0.545 e. The van der Waals surface area contributed by atoms with E-state index < -0.39 is 11.9 Å². The van der Waals surface area contributed by atoms with Gasteiger partial charge in [-0.15, -0.1) is 0 Å². The van der Waals surface area contributed by atoms with Gasteiger partial charge in [0.1, 0.15) is 0 Å². The summed E-state index contributed by atoms with van der Waals surface area (Å²) in [6.45, 7) is 0. The summed E-state index contributed by atoms with van der Waals surface area (Å²) in [5.74, 6) is -2.52. The number of benzene rings is 2. The van der Waals surface area contributed by atoms with Crippen LogP contribution in [0.15, 0.2) is 36.4 Å². The fourth-order valence-corrected chi connectivity index (χ4v) is 1.50. The number of fused-ring (bicyclic) bond motifs is 1. The predicted molar refractivity (Wildman–Crippen MR) is 58.4 cm³/mol. The van der Waals surface area contributed by atoms with E-state index in [0.717, 1.165) is 0 Å². The summed E-state index contributed by atoms with van der Waals surface area (Å²) < 4.78 is 0. The molecule has 0 saturated carbocycles. The van der Waals surface area contributed by atoms with Crippen LogP contribution in [0, 0.1) is 0 Å². The molecule has 0 aliphatic rings. The zero-order valence-electron chi connectivity index (χ0n) is 8.80. The molecule has 0 aliphatic heterocycles. The summed E-state index contributed by atoms with van der Waals surface area (Å²) in [7, 11) is 0. The summed E-state index contributed by atoms with van der Waals surface area (Å²) in [5, 5.41) is 22.5. The Morgan fingerprint density at radius 2 is 1.12 bits per heavy atom. The molecule has 0 atom stereocenters. The van der Waals surface area contributed by atoms with Crippen molar-refractivity contribution in [2.75, 3.05) is 0 Å². The third-order valence-corrected chi connectivity index (χ3v) is 2.31. The third kappa shape index (κ3) is 2.75. The van der Waals surface area contributed by atoms with Gasteiger partial charge >= 0.3 is 23.1 Å². The monoisotopic (exact) mass is 238 g/mol. The molecule has 0 spiro atoms. The van der Waals surface area contributed by atoms with Crippen LogP contribution >= 0.6 is 0 Å². The van der Waals surface area contributed by atoms with Crippen LogP contribution in [0.2, 0.25) is 0 Å². The van der Waals surface area contributed by atoms with E-state index in [9.17, 15) is 19.8 Å². The number of hydrogen-bond acceptors (Lipinski definition) is 4.